The van der Waals surface area contributed by atoms with Crippen molar-refractivity contribution in [2.24, 2.45) is 0 Å². The highest BCUT2D eigenvalue weighted by molar-refractivity contribution is 6.10. The highest BCUT2D eigenvalue weighted by Crippen LogP contribution is 2.24. The van der Waals surface area contributed by atoms with Gasteiger partial charge in [0.05, 0.1) is 6.61 Å². The zero-order valence-corrected chi connectivity index (χ0v) is 15.8. The third kappa shape index (κ3) is 4.62. The number of hydrogen-bond acceptors (Lipinski definition) is 4. The molecule has 3 aromatic rings. The number of carbonyl (C=O) groups is 2. The van der Waals surface area contributed by atoms with Crippen LogP contribution >= 0.6 is 0 Å². The number of aliphatic carboxylic acids is 1. The topological polar surface area (TPSA) is 104 Å². The molecule has 0 saturated carbocycles. The molecule has 0 atom stereocenters. The van der Waals surface area contributed by atoms with Crippen LogP contribution in [0.25, 0.3) is 17.0 Å². The van der Waals surface area contributed by atoms with E-state index in [4.69, 9.17) is 9.84 Å². The second-order valence-electron chi connectivity index (χ2n) is 6.20. The maximum atomic E-state index is 12.5. The number of nitrogens with zero attached hydrogens (tertiary/aromatic N) is 2. The van der Waals surface area contributed by atoms with Gasteiger partial charge in [-0.15, -0.1) is 0 Å². The molecule has 3 rings (SSSR count). The Hall–Kier alpha value is -4.05. The average molecular weight is 389 g/mol. The first-order chi connectivity index (χ1) is 14.0. The van der Waals surface area contributed by atoms with Crippen molar-refractivity contribution in [3.05, 3.63) is 65.9 Å². The molecule has 0 bridgehead atoms. The van der Waals surface area contributed by atoms with Crippen LogP contribution in [0.5, 0.6) is 5.75 Å². The normalized spacial score (nSPS) is 11.1. The standard InChI is InChI=1S/C22H19N3O4/c1-2-29-18-9-7-17(8-10-18)24-22(28)15(12-23)11-16-13-25(14-21(26)27)20-6-4-3-5-19(16)20/h3-11,13H,2,14H2,1H3,(H,24,28)(H,26,27). The van der Waals surface area contributed by atoms with E-state index in [0.717, 1.165) is 5.39 Å². The van der Waals surface area contributed by atoms with E-state index in [-0.39, 0.29) is 12.1 Å². The van der Waals surface area contributed by atoms with Crippen LogP contribution in [0.3, 0.4) is 0 Å². The Bertz CT molecular complexity index is 1120. The van der Waals surface area contributed by atoms with Gasteiger partial charge < -0.3 is 19.7 Å². The molecule has 0 radical (unpaired) electrons. The van der Waals surface area contributed by atoms with Crippen molar-refractivity contribution >= 4 is 34.5 Å². The number of carboxylic acid groups (broad SMARTS) is 1. The predicted molar refractivity (Wildman–Crippen MR) is 109 cm³/mol. The van der Waals surface area contributed by atoms with Crippen LogP contribution in [-0.4, -0.2) is 28.2 Å². The lowest BCUT2D eigenvalue weighted by molar-refractivity contribution is -0.137. The molecule has 0 aliphatic rings. The fourth-order valence-corrected chi connectivity index (χ4v) is 2.97. The number of nitrogens with one attached hydrogen (secondary N) is 1. The molecule has 0 unspecified atom stereocenters. The first-order valence-electron chi connectivity index (χ1n) is 8.97. The first-order valence-corrected chi connectivity index (χ1v) is 8.97. The molecular formula is C22H19N3O4. The Labute approximate surface area is 167 Å². The Morgan fingerprint density at radius 1 is 1.21 bits per heavy atom. The molecule has 0 saturated heterocycles. The fraction of sp³-hybridized carbons (Fsp3) is 0.136. The zero-order valence-electron chi connectivity index (χ0n) is 15.8. The minimum absolute atomic E-state index is 0.0860. The Morgan fingerprint density at radius 3 is 2.59 bits per heavy atom. The molecule has 7 nitrogen and oxygen atoms in total. The van der Waals surface area contributed by atoms with Gasteiger partial charge in [-0.1, -0.05) is 18.2 Å². The van der Waals surface area contributed by atoms with E-state index in [1.165, 1.54) is 6.08 Å². The van der Waals surface area contributed by atoms with Crippen LogP contribution in [-0.2, 0) is 16.1 Å². The molecule has 2 aromatic carbocycles. The largest absolute Gasteiger partial charge is 0.494 e. The van der Waals surface area contributed by atoms with Gasteiger partial charge in [-0.2, -0.15) is 5.26 Å². The summed E-state index contributed by atoms with van der Waals surface area (Å²) in [6.07, 6.45) is 3.09. The number of ether oxygens (including phenoxy) is 1. The molecule has 7 heteroatoms. The van der Waals surface area contributed by atoms with Crippen LogP contribution in [0.15, 0.2) is 60.3 Å². The maximum Gasteiger partial charge on any atom is 0.323 e. The lowest BCUT2D eigenvalue weighted by Gasteiger charge is -2.06. The summed E-state index contributed by atoms with van der Waals surface area (Å²) in [5, 5.41) is 22.0. The molecule has 1 amide bonds. The molecule has 2 N–H and O–H groups in total. The number of hydrogen-bond donors (Lipinski definition) is 2. The van der Waals surface area contributed by atoms with E-state index in [1.807, 2.05) is 25.1 Å². The third-order valence-electron chi connectivity index (χ3n) is 4.21. The number of benzene rings is 2. The zero-order chi connectivity index (χ0) is 20.8. The minimum atomic E-state index is -0.977. The number of para-hydroxylation sites is 1. The second kappa shape index (κ2) is 8.76. The summed E-state index contributed by atoms with van der Waals surface area (Å²) in [4.78, 5) is 23.7. The van der Waals surface area contributed by atoms with Crippen molar-refractivity contribution < 1.29 is 19.4 Å². The van der Waals surface area contributed by atoms with Crippen molar-refractivity contribution in [2.45, 2.75) is 13.5 Å². The summed E-state index contributed by atoms with van der Waals surface area (Å²) in [6, 6.07) is 16.0. The molecule has 0 spiro atoms. The lowest BCUT2D eigenvalue weighted by Crippen LogP contribution is -2.13. The summed E-state index contributed by atoms with van der Waals surface area (Å²) in [5.41, 5.74) is 1.76. The monoisotopic (exact) mass is 389 g/mol. The number of amides is 1. The molecule has 1 heterocycles. The van der Waals surface area contributed by atoms with Gasteiger partial charge in [0.25, 0.3) is 5.91 Å². The van der Waals surface area contributed by atoms with Crippen LogP contribution in [0, 0.1) is 11.3 Å². The minimum Gasteiger partial charge on any atom is -0.494 e. The number of rotatable bonds is 7. The van der Waals surface area contributed by atoms with Gasteiger partial charge in [0.1, 0.15) is 23.9 Å². The van der Waals surface area contributed by atoms with E-state index < -0.39 is 11.9 Å². The average Bonchev–Trinajstić information content (AvgIpc) is 3.04. The number of carbonyl (C=O) groups excluding carboxylic acids is 1. The Kier molecular flexibility index (Phi) is 5.95. The molecular weight excluding hydrogens is 370 g/mol. The molecule has 0 aliphatic heterocycles. The summed E-state index contributed by atoms with van der Waals surface area (Å²) in [6.45, 7) is 2.21. The number of carboxylic acids is 1. The van der Waals surface area contributed by atoms with Crippen molar-refractivity contribution in [1.29, 1.82) is 5.26 Å². The van der Waals surface area contributed by atoms with Crippen molar-refractivity contribution in [1.82, 2.24) is 4.57 Å². The van der Waals surface area contributed by atoms with Crippen LogP contribution < -0.4 is 10.1 Å². The predicted octanol–water partition coefficient (Wildman–Crippen LogP) is 3.67. The smallest absolute Gasteiger partial charge is 0.323 e. The van der Waals surface area contributed by atoms with Gasteiger partial charge in [-0.3, -0.25) is 9.59 Å². The van der Waals surface area contributed by atoms with Gasteiger partial charge >= 0.3 is 5.97 Å². The number of aromatic nitrogens is 1. The van der Waals surface area contributed by atoms with Crippen LogP contribution in [0.2, 0.25) is 0 Å². The summed E-state index contributed by atoms with van der Waals surface area (Å²) in [5.74, 6) is -0.838. The number of fused-ring (bicyclic) bond motifs is 1. The van der Waals surface area contributed by atoms with E-state index in [2.05, 4.69) is 5.32 Å². The lowest BCUT2D eigenvalue weighted by atomic mass is 10.1. The molecule has 0 fully saturated rings. The summed E-state index contributed by atoms with van der Waals surface area (Å²) >= 11 is 0. The van der Waals surface area contributed by atoms with Crippen molar-refractivity contribution in [3.63, 3.8) is 0 Å². The highest BCUT2D eigenvalue weighted by Gasteiger charge is 2.14. The number of nitriles is 1. The molecule has 1 aromatic heterocycles. The molecule has 29 heavy (non-hydrogen) atoms. The van der Waals surface area contributed by atoms with Gasteiger partial charge in [0, 0.05) is 28.4 Å². The Balaban J connectivity index is 1.88. The second-order valence-corrected chi connectivity index (χ2v) is 6.20. The fourth-order valence-electron chi connectivity index (χ4n) is 2.97. The van der Waals surface area contributed by atoms with Crippen LogP contribution in [0.4, 0.5) is 5.69 Å². The van der Waals surface area contributed by atoms with Gasteiger partial charge in [0.15, 0.2) is 0 Å². The Morgan fingerprint density at radius 2 is 1.93 bits per heavy atom. The van der Waals surface area contributed by atoms with Gasteiger partial charge in [0.2, 0.25) is 0 Å². The van der Waals surface area contributed by atoms with E-state index in [1.54, 1.807) is 47.2 Å². The van der Waals surface area contributed by atoms with E-state index >= 15 is 0 Å². The third-order valence-corrected chi connectivity index (χ3v) is 4.21. The first kappa shape index (κ1) is 19.7. The van der Waals surface area contributed by atoms with Crippen molar-refractivity contribution in [2.75, 3.05) is 11.9 Å². The van der Waals surface area contributed by atoms with E-state index in [9.17, 15) is 14.9 Å². The molecule has 146 valence electrons. The summed E-state index contributed by atoms with van der Waals surface area (Å²) < 4.78 is 6.94. The number of anilines is 1. The van der Waals surface area contributed by atoms with Gasteiger partial charge in [-0.25, -0.2) is 0 Å². The van der Waals surface area contributed by atoms with Gasteiger partial charge in [-0.05, 0) is 43.3 Å². The maximum absolute atomic E-state index is 12.5. The van der Waals surface area contributed by atoms with E-state index in [0.29, 0.717) is 29.1 Å². The van der Waals surface area contributed by atoms with Crippen LogP contribution in [0.1, 0.15) is 12.5 Å². The molecule has 0 aliphatic carbocycles. The van der Waals surface area contributed by atoms with Crippen molar-refractivity contribution in [3.8, 4) is 11.8 Å². The quantitative estimate of drug-likeness (QED) is 0.474. The highest BCUT2D eigenvalue weighted by atomic mass is 16.5. The SMILES string of the molecule is CCOc1ccc(NC(=O)C(C#N)=Cc2cn(CC(=O)O)c3ccccc23)cc1. The summed E-state index contributed by atoms with van der Waals surface area (Å²) in [7, 11) is 0.